The fourth-order valence-corrected chi connectivity index (χ4v) is 5.57. The average molecular weight is 726 g/mol. The fourth-order valence-electron chi connectivity index (χ4n) is 5.57. The fraction of sp³-hybridized carbons (Fsp3) is 0.421. The van der Waals surface area contributed by atoms with Crippen molar-refractivity contribution in [1.82, 2.24) is 26.1 Å². The molecule has 284 valence electrons. The maximum Gasteiger partial charge on any atom is 0.239 e. The van der Waals surface area contributed by atoms with Crippen molar-refractivity contribution in [2.24, 2.45) is 5.11 Å². The van der Waals surface area contributed by atoms with E-state index in [4.69, 9.17) is 38.5 Å². The Balaban J connectivity index is 0.000000361. The molecule has 0 aliphatic carbocycles. The number of methoxy groups -OCH3 is 2. The zero-order chi connectivity index (χ0) is 38.0. The molecule has 2 aromatic carbocycles. The third kappa shape index (κ3) is 13.0. The lowest BCUT2D eigenvalue weighted by Crippen LogP contribution is -2.12. The Morgan fingerprint density at radius 1 is 0.792 bits per heavy atom. The predicted molar refractivity (Wildman–Crippen MR) is 213 cm³/mol. The molecular weight excluding hydrogens is 671 g/mol. The van der Waals surface area contributed by atoms with Crippen LogP contribution in [0.3, 0.4) is 0 Å². The Kier molecular flexibility index (Phi) is 18.1. The van der Waals surface area contributed by atoms with E-state index >= 15 is 0 Å². The minimum absolute atomic E-state index is 0. The minimum Gasteiger partial charge on any atom is -0.496 e. The summed E-state index contributed by atoms with van der Waals surface area (Å²) in [5, 5.41) is 17.5. The van der Waals surface area contributed by atoms with Crippen LogP contribution in [-0.2, 0) is 25.8 Å². The van der Waals surface area contributed by atoms with Gasteiger partial charge in [-0.05, 0) is 67.6 Å². The second-order valence-corrected chi connectivity index (χ2v) is 12.2. The van der Waals surface area contributed by atoms with Gasteiger partial charge in [0.2, 0.25) is 18.4 Å². The van der Waals surface area contributed by atoms with E-state index in [0.717, 1.165) is 107 Å². The third-order valence-electron chi connectivity index (χ3n) is 8.30. The van der Waals surface area contributed by atoms with Gasteiger partial charge in [0.15, 0.2) is 0 Å². The summed E-state index contributed by atoms with van der Waals surface area (Å²) in [5.41, 5.74) is 26.1. The highest BCUT2D eigenvalue weighted by Gasteiger charge is 2.16. The molecule has 0 aliphatic heterocycles. The maximum atomic E-state index is 7.62. The molecule has 4 aromatic rings. The van der Waals surface area contributed by atoms with E-state index in [0.29, 0.717) is 25.8 Å². The number of unbranched alkanes of at least 4 members (excludes halogenated alkanes) is 2. The number of nitrogens with two attached hydrogens (primary N) is 2. The highest BCUT2D eigenvalue weighted by molar-refractivity contribution is 5.81. The lowest BCUT2D eigenvalue weighted by atomic mass is 9.99. The van der Waals surface area contributed by atoms with Gasteiger partial charge in [0, 0.05) is 60.4 Å². The second kappa shape index (κ2) is 22.1. The van der Waals surface area contributed by atoms with Crippen LogP contribution in [-0.4, -0.2) is 53.1 Å². The smallest absolute Gasteiger partial charge is 0.239 e. The van der Waals surface area contributed by atoms with Crippen molar-refractivity contribution in [3.05, 3.63) is 92.6 Å². The van der Waals surface area contributed by atoms with Gasteiger partial charge >= 0.3 is 0 Å². The van der Waals surface area contributed by atoms with Gasteiger partial charge in [0.05, 0.1) is 14.2 Å². The van der Waals surface area contributed by atoms with Crippen molar-refractivity contribution in [2.75, 3.05) is 49.4 Å². The van der Waals surface area contributed by atoms with Crippen molar-refractivity contribution < 1.29 is 9.47 Å². The molecule has 2 heterocycles. The van der Waals surface area contributed by atoms with Gasteiger partial charge in [-0.2, -0.15) is 9.97 Å². The topological polar surface area (TPSA) is 246 Å². The number of anilines is 4. The summed E-state index contributed by atoms with van der Waals surface area (Å²) < 4.78 is 11.0. The first-order valence-corrected chi connectivity index (χ1v) is 17.4. The molecule has 0 saturated heterocycles. The van der Waals surface area contributed by atoms with Crippen LogP contribution in [0.1, 0.15) is 84.3 Å². The third-order valence-corrected chi connectivity index (χ3v) is 8.30. The number of ether oxygens (including phenoxy) is 2. The van der Waals surface area contributed by atoms with E-state index in [1.165, 1.54) is 0 Å². The zero-order valence-electron chi connectivity index (χ0n) is 31.9. The van der Waals surface area contributed by atoms with Gasteiger partial charge < -0.3 is 42.6 Å². The number of rotatable bonds is 17. The molecule has 2 aromatic heterocycles. The quantitative estimate of drug-likeness (QED) is 0.0185. The minimum atomic E-state index is 0. The van der Waals surface area contributed by atoms with Crippen molar-refractivity contribution in [2.45, 2.75) is 79.2 Å². The molecule has 0 unspecified atom stereocenters. The SMILES string of the molecule is CCCCNc1nc(N)nc(C)c1Cc1cc(CC(=N)N=N)ccc1OC.N.[C-]#[N+]Cc1ccc(OC)c(Cc2c(C)nc(N)nc2NCCCC)c1. The molecule has 0 spiro atoms. The molecule has 15 heteroatoms. The normalized spacial score (nSPS) is 10.2. The number of aryl methyl sites for hydroxylation is 2. The molecule has 15 nitrogen and oxygen atoms in total. The van der Waals surface area contributed by atoms with Crippen LogP contribution >= 0.6 is 0 Å². The van der Waals surface area contributed by atoms with E-state index < -0.39 is 0 Å². The summed E-state index contributed by atoms with van der Waals surface area (Å²) >= 11 is 0. The van der Waals surface area contributed by atoms with Crippen molar-refractivity contribution in [3.63, 3.8) is 0 Å². The summed E-state index contributed by atoms with van der Waals surface area (Å²) in [5.74, 6) is 3.61. The number of benzene rings is 2. The predicted octanol–water partition coefficient (Wildman–Crippen LogP) is 7.49. The largest absolute Gasteiger partial charge is 0.496 e. The Morgan fingerprint density at radius 3 is 1.66 bits per heavy atom. The van der Waals surface area contributed by atoms with Gasteiger partial charge in [-0.3, -0.25) is 5.41 Å². The molecule has 53 heavy (non-hydrogen) atoms. The van der Waals surface area contributed by atoms with Crippen molar-refractivity contribution in [3.8, 4) is 11.5 Å². The van der Waals surface area contributed by atoms with E-state index in [9.17, 15) is 0 Å². The summed E-state index contributed by atoms with van der Waals surface area (Å²) in [7, 11) is 3.28. The van der Waals surface area contributed by atoms with Crippen LogP contribution in [0.2, 0.25) is 0 Å². The molecule has 0 saturated carbocycles. The number of nitrogens with one attached hydrogen (secondary N) is 4. The molecular formula is C38H55N13O2. The van der Waals surface area contributed by atoms with E-state index in [1.54, 1.807) is 14.2 Å². The molecule has 4 rings (SSSR count). The van der Waals surface area contributed by atoms with Gasteiger partial charge in [0.25, 0.3) is 0 Å². The van der Waals surface area contributed by atoms with Crippen LogP contribution in [0.4, 0.5) is 23.5 Å². The van der Waals surface area contributed by atoms with Crippen molar-refractivity contribution in [1.29, 1.82) is 10.9 Å². The summed E-state index contributed by atoms with van der Waals surface area (Å²) in [6.07, 6.45) is 5.79. The van der Waals surface area contributed by atoms with E-state index in [1.807, 2.05) is 50.2 Å². The molecule has 0 aliphatic rings. The first kappa shape index (κ1) is 43.3. The molecule has 0 bridgehead atoms. The Bertz CT molecular complexity index is 1860. The molecule has 0 radical (unpaired) electrons. The highest BCUT2D eigenvalue weighted by Crippen LogP contribution is 2.29. The van der Waals surface area contributed by atoms with Crippen molar-refractivity contribution >= 4 is 29.4 Å². The zero-order valence-corrected chi connectivity index (χ0v) is 31.9. The maximum absolute atomic E-state index is 7.62. The van der Waals surface area contributed by atoms with E-state index in [2.05, 4.69) is 54.4 Å². The van der Waals surface area contributed by atoms with E-state index in [-0.39, 0.29) is 23.9 Å². The summed E-state index contributed by atoms with van der Waals surface area (Å²) in [4.78, 5) is 20.8. The molecule has 11 N–H and O–H groups in total. The van der Waals surface area contributed by atoms with Crippen LogP contribution in [0.15, 0.2) is 41.5 Å². The number of hydrogen-bond donors (Lipinski definition) is 7. The lowest BCUT2D eigenvalue weighted by Gasteiger charge is -2.16. The number of aromatic nitrogens is 4. The van der Waals surface area contributed by atoms with Gasteiger partial charge in [-0.25, -0.2) is 22.1 Å². The second-order valence-electron chi connectivity index (χ2n) is 12.2. The molecule has 0 atom stereocenters. The number of nitrogen functional groups attached to an aromatic ring is 2. The molecule has 0 fully saturated rings. The van der Waals surface area contributed by atoms with Crippen LogP contribution in [0.25, 0.3) is 4.85 Å². The number of hydrogen-bond acceptors (Lipinski definition) is 13. The summed E-state index contributed by atoms with van der Waals surface area (Å²) in [6.45, 7) is 17.2. The van der Waals surface area contributed by atoms with Gasteiger partial charge in [-0.1, -0.05) is 38.8 Å². The van der Waals surface area contributed by atoms with Crippen LogP contribution < -0.4 is 37.7 Å². The number of nitrogens with zero attached hydrogens (tertiary/aromatic N) is 6. The first-order valence-electron chi connectivity index (χ1n) is 17.4. The van der Waals surface area contributed by atoms with Gasteiger partial charge in [-0.15, -0.1) is 5.11 Å². The highest BCUT2D eigenvalue weighted by atomic mass is 16.5. The Hall–Kier alpha value is -5.88. The lowest BCUT2D eigenvalue weighted by molar-refractivity contribution is 0.410. The van der Waals surface area contributed by atoms with Gasteiger partial charge in [0.1, 0.15) is 29.0 Å². The Labute approximate surface area is 313 Å². The molecule has 0 amide bonds. The first-order chi connectivity index (χ1) is 25.1. The standard InChI is InChI=1S/C19H27N7O.C19H25N5O.H3N/c1-4-5-8-23-18-15(12(2)24-19(21)25-18)11-14-9-13(10-17(20)26-22)6-7-16(14)27-3;1-5-6-9-22-18-16(13(2)23-19(20)24-18)11-15-10-14(12-21-3)7-8-17(15)25-4;/h6-7,9,20,22H,4-5,8,10-11H2,1-3H3,(H3,21,23,24,25);7-8,10H,5-6,9,11-12H2,1-2,4H3,(H3,20,22,23,24);1H3. The van der Waals surface area contributed by atoms with Crippen LogP contribution in [0, 0.1) is 31.4 Å². The number of amidine groups is 1. The Morgan fingerprint density at radius 2 is 1.25 bits per heavy atom. The van der Waals surface area contributed by atoms with Crippen LogP contribution in [0.5, 0.6) is 11.5 Å². The monoisotopic (exact) mass is 725 g/mol. The summed E-state index contributed by atoms with van der Waals surface area (Å²) in [6, 6.07) is 11.6. The average Bonchev–Trinajstić information content (AvgIpc) is 3.12.